The molecule has 4 N–H and O–H groups in total. The second-order valence-electron chi connectivity index (χ2n) is 9.10. The highest BCUT2D eigenvalue weighted by molar-refractivity contribution is 7.80. The van der Waals surface area contributed by atoms with Gasteiger partial charge < -0.3 is 26.0 Å². The number of primary amides is 1. The van der Waals surface area contributed by atoms with Gasteiger partial charge in [-0.05, 0) is 48.8 Å². The van der Waals surface area contributed by atoms with Crippen molar-refractivity contribution < 1.29 is 23.5 Å². The summed E-state index contributed by atoms with van der Waals surface area (Å²) in [6.45, 7) is 0.448. The van der Waals surface area contributed by atoms with Crippen molar-refractivity contribution in [3.63, 3.8) is 0 Å². The zero-order valence-electron chi connectivity index (χ0n) is 21.1. The first-order chi connectivity index (χ1) is 19.3. The number of ether oxygens (including phenoxy) is 1. The summed E-state index contributed by atoms with van der Waals surface area (Å²) in [5.41, 5.74) is 7.14. The van der Waals surface area contributed by atoms with Gasteiger partial charge in [0.15, 0.2) is 16.7 Å². The molecule has 1 unspecified atom stereocenters. The minimum absolute atomic E-state index is 0.0391. The number of fused-ring (bicyclic) bond motifs is 1. The standard InChI is InChI=1S/C28H24FN5O4S2/c29-18-14-17(32-28(39)33-24(35)13-16-5-2-1-3-6-16)8-9-21(18)38-22-10-11-31-19-15-23(40-25(19)22)27(37)34-12-4-7-20(34)26(30)36/h1-3,5-6,8-11,14-15,20H,4,7,12-13H2,(H2,30,36)(H2,32,33,35,39). The topological polar surface area (TPSA) is 127 Å². The Hall–Kier alpha value is -4.42. The summed E-state index contributed by atoms with van der Waals surface area (Å²) in [4.78, 5) is 43.2. The molecule has 1 aliphatic rings. The van der Waals surface area contributed by atoms with E-state index in [1.807, 2.05) is 30.3 Å². The maximum Gasteiger partial charge on any atom is 0.264 e. The van der Waals surface area contributed by atoms with Gasteiger partial charge in [-0.2, -0.15) is 0 Å². The molecule has 9 nitrogen and oxygen atoms in total. The van der Waals surface area contributed by atoms with Gasteiger partial charge in [-0.15, -0.1) is 11.3 Å². The van der Waals surface area contributed by atoms with Crippen LogP contribution in [0.1, 0.15) is 28.1 Å². The van der Waals surface area contributed by atoms with Crippen molar-refractivity contribution in [3.05, 3.63) is 83.1 Å². The zero-order chi connectivity index (χ0) is 28.2. The van der Waals surface area contributed by atoms with Crippen LogP contribution in [0.2, 0.25) is 0 Å². The number of pyridine rings is 1. The van der Waals surface area contributed by atoms with Crippen LogP contribution in [0.4, 0.5) is 10.1 Å². The van der Waals surface area contributed by atoms with Crippen LogP contribution in [0.25, 0.3) is 10.2 Å². The van der Waals surface area contributed by atoms with E-state index in [9.17, 15) is 18.8 Å². The largest absolute Gasteiger partial charge is 0.453 e. The number of rotatable bonds is 7. The predicted octanol–water partition coefficient (Wildman–Crippen LogP) is 4.37. The molecule has 1 atom stereocenters. The Morgan fingerprint density at radius 1 is 1.12 bits per heavy atom. The third kappa shape index (κ3) is 6.08. The fourth-order valence-electron chi connectivity index (χ4n) is 4.44. The average molecular weight is 578 g/mol. The minimum atomic E-state index is -0.664. The first-order valence-corrected chi connectivity index (χ1v) is 13.6. The molecule has 40 heavy (non-hydrogen) atoms. The molecule has 3 amide bonds. The number of nitrogens with one attached hydrogen (secondary N) is 2. The Kier molecular flexibility index (Phi) is 7.99. The Morgan fingerprint density at radius 2 is 1.93 bits per heavy atom. The van der Waals surface area contributed by atoms with Crippen molar-refractivity contribution in [2.75, 3.05) is 11.9 Å². The Labute approximate surface area is 238 Å². The van der Waals surface area contributed by atoms with Crippen molar-refractivity contribution in [3.8, 4) is 11.5 Å². The fourth-order valence-corrected chi connectivity index (χ4v) is 5.70. The summed E-state index contributed by atoms with van der Waals surface area (Å²) in [6, 6.07) is 16.0. The molecule has 0 saturated carbocycles. The maximum absolute atomic E-state index is 15.0. The van der Waals surface area contributed by atoms with E-state index in [2.05, 4.69) is 15.6 Å². The van der Waals surface area contributed by atoms with Gasteiger partial charge in [0.05, 0.1) is 21.5 Å². The van der Waals surface area contributed by atoms with Crippen molar-refractivity contribution in [2.45, 2.75) is 25.3 Å². The quantitative estimate of drug-likeness (QED) is 0.279. The molecule has 4 aromatic rings. The number of halogens is 1. The molecule has 3 heterocycles. The normalized spacial score (nSPS) is 14.6. The van der Waals surface area contributed by atoms with Gasteiger partial charge in [0.2, 0.25) is 11.8 Å². The number of carbonyl (C=O) groups excluding carboxylic acids is 3. The SMILES string of the molecule is NC(=O)C1CCCN1C(=O)c1cc2nccc(Oc3ccc(NC(=S)NC(=O)Cc4ccccc4)cc3F)c2s1. The van der Waals surface area contributed by atoms with Gasteiger partial charge in [0, 0.05) is 30.6 Å². The van der Waals surface area contributed by atoms with Gasteiger partial charge in [-0.1, -0.05) is 30.3 Å². The lowest BCUT2D eigenvalue weighted by molar-refractivity contribution is -0.121. The van der Waals surface area contributed by atoms with E-state index in [4.69, 9.17) is 22.7 Å². The lowest BCUT2D eigenvalue weighted by Gasteiger charge is -2.21. The van der Waals surface area contributed by atoms with Gasteiger partial charge in [-0.3, -0.25) is 19.4 Å². The van der Waals surface area contributed by atoms with Crippen LogP contribution in [0.3, 0.4) is 0 Å². The molecular formula is C28H24FN5O4S2. The summed E-state index contributed by atoms with van der Waals surface area (Å²) >= 11 is 6.34. The Morgan fingerprint density at radius 3 is 2.67 bits per heavy atom. The average Bonchev–Trinajstić information content (AvgIpc) is 3.59. The number of aromatic nitrogens is 1. The van der Waals surface area contributed by atoms with E-state index >= 15 is 0 Å². The molecule has 1 saturated heterocycles. The predicted molar refractivity (Wildman–Crippen MR) is 154 cm³/mol. The highest BCUT2D eigenvalue weighted by Gasteiger charge is 2.34. The van der Waals surface area contributed by atoms with E-state index < -0.39 is 17.8 Å². The minimum Gasteiger partial charge on any atom is -0.453 e. The maximum atomic E-state index is 15.0. The van der Waals surface area contributed by atoms with Crippen molar-refractivity contribution >= 4 is 62.3 Å². The molecule has 12 heteroatoms. The first-order valence-electron chi connectivity index (χ1n) is 12.4. The Bertz CT molecular complexity index is 1610. The number of anilines is 1. The van der Waals surface area contributed by atoms with Crippen LogP contribution in [0.15, 0.2) is 66.9 Å². The van der Waals surface area contributed by atoms with Gasteiger partial charge in [0.25, 0.3) is 5.91 Å². The van der Waals surface area contributed by atoms with Crippen LogP contribution < -0.4 is 21.1 Å². The molecule has 0 radical (unpaired) electrons. The number of thiophene rings is 1. The number of amides is 3. The van der Waals surface area contributed by atoms with E-state index in [1.54, 1.807) is 18.2 Å². The molecule has 2 aromatic carbocycles. The van der Waals surface area contributed by atoms with Crippen LogP contribution in [0, 0.1) is 5.82 Å². The van der Waals surface area contributed by atoms with Crippen LogP contribution in [-0.2, 0) is 16.0 Å². The molecule has 5 rings (SSSR count). The number of thiocarbonyl (C=S) groups is 1. The van der Waals surface area contributed by atoms with E-state index in [1.165, 1.54) is 23.2 Å². The molecular weight excluding hydrogens is 553 g/mol. The summed E-state index contributed by atoms with van der Waals surface area (Å²) < 4.78 is 21.4. The van der Waals surface area contributed by atoms with E-state index in [0.29, 0.717) is 45.9 Å². The zero-order valence-corrected chi connectivity index (χ0v) is 22.7. The number of hydrogen-bond acceptors (Lipinski definition) is 7. The van der Waals surface area contributed by atoms with Crippen molar-refractivity contribution in [1.29, 1.82) is 0 Å². The third-order valence-corrected chi connectivity index (χ3v) is 7.63. The number of likely N-dealkylation sites (tertiary alicyclic amines) is 1. The molecule has 1 fully saturated rings. The van der Waals surface area contributed by atoms with E-state index in [0.717, 1.165) is 16.9 Å². The monoisotopic (exact) mass is 577 g/mol. The molecule has 2 aromatic heterocycles. The highest BCUT2D eigenvalue weighted by Crippen LogP contribution is 2.37. The molecule has 0 spiro atoms. The van der Waals surface area contributed by atoms with E-state index in [-0.39, 0.29) is 29.1 Å². The van der Waals surface area contributed by atoms with Crippen molar-refractivity contribution in [2.24, 2.45) is 5.73 Å². The van der Waals surface area contributed by atoms with Gasteiger partial charge in [-0.25, -0.2) is 4.39 Å². The van der Waals surface area contributed by atoms with Gasteiger partial charge in [0.1, 0.15) is 11.8 Å². The fraction of sp³-hybridized carbons (Fsp3) is 0.179. The second kappa shape index (κ2) is 11.8. The smallest absolute Gasteiger partial charge is 0.264 e. The summed E-state index contributed by atoms with van der Waals surface area (Å²) in [5, 5.41) is 5.41. The highest BCUT2D eigenvalue weighted by atomic mass is 32.1. The number of carbonyl (C=O) groups is 3. The van der Waals surface area contributed by atoms with Gasteiger partial charge >= 0.3 is 0 Å². The molecule has 0 aliphatic carbocycles. The Balaban J connectivity index is 1.26. The number of benzene rings is 2. The summed E-state index contributed by atoms with van der Waals surface area (Å²) in [7, 11) is 0. The number of hydrogen-bond donors (Lipinski definition) is 3. The molecule has 204 valence electrons. The summed E-state index contributed by atoms with van der Waals surface area (Å²) in [6.07, 6.45) is 2.90. The lowest BCUT2D eigenvalue weighted by Crippen LogP contribution is -2.43. The van der Waals surface area contributed by atoms with Crippen molar-refractivity contribution in [1.82, 2.24) is 15.2 Å². The first kappa shape index (κ1) is 27.2. The lowest BCUT2D eigenvalue weighted by atomic mass is 10.1. The third-order valence-electron chi connectivity index (χ3n) is 6.30. The second-order valence-corrected chi connectivity index (χ2v) is 10.6. The summed E-state index contributed by atoms with van der Waals surface area (Å²) in [5.74, 6) is -1.52. The number of nitrogens with zero attached hydrogens (tertiary/aromatic N) is 2. The number of nitrogens with two attached hydrogens (primary N) is 1. The van der Waals surface area contributed by atoms with Crippen LogP contribution >= 0.6 is 23.6 Å². The molecule has 0 bridgehead atoms. The van der Waals surface area contributed by atoms with Crippen LogP contribution in [-0.4, -0.2) is 45.3 Å². The van der Waals surface area contributed by atoms with Crippen LogP contribution in [0.5, 0.6) is 11.5 Å². The molecule has 1 aliphatic heterocycles.